The minimum absolute atomic E-state index is 0.00333. The number of hydrogen-bond acceptors (Lipinski definition) is 2. The highest BCUT2D eigenvalue weighted by atomic mass is 79.9. The third-order valence-electron chi connectivity index (χ3n) is 6.37. The average molecular weight is 553 g/mol. The molecule has 6 heteroatoms. The largest absolute Gasteiger partial charge is 0.345 e. The summed E-state index contributed by atoms with van der Waals surface area (Å²) in [6.45, 7) is 8.88. The maximum Gasteiger partial charge on any atom is 0.254 e. The minimum atomic E-state index is -0.0779. The summed E-state index contributed by atoms with van der Waals surface area (Å²) in [6.07, 6.45) is 5.84. The second kappa shape index (κ2) is 14.0. The van der Waals surface area contributed by atoms with Crippen LogP contribution < -0.4 is 0 Å². The van der Waals surface area contributed by atoms with Crippen molar-refractivity contribution in [2.24, 2.45) is 0 Å². The van der Waals surface area contributed by atoms with Gasteiger partial charge in [-0.05, 0) is 61.7 Å². The van der Waals surface area contributed by atoms with Crippen LogP contribution in [0.3, 0.4) is 0 Å². The number of aromatic nitrogens is 1. The van der Waals surface area contributed by atoms with Gasteiger partial charge in [0.25, 0.3) is 5.91 Å². The number of rotatable bonds is 13. The van der Waals surface area contributed by atoms with Crippen LogP contribution in [-0.2, 0) is 17.9 Å². The first-order chi connectivity index (χ1) is 17.4. The van der Waals surface area contributed by atoms with Crippen molar-refractivity contribution in [2.45, 2.75) is 59.5 Å². The third kappa shape index (κ3) is 8.09. The second-order valence-corrected chi connectivity index (χ2v) is 10.3. The average Bonchev–Trinajstić information content (AvgIpc) is 3.31. The maximum absolute atomic E-state index is 13.6. The molecule has 0 aliphatic carbocycles. The lowest BCUT2D eigenvalue weighted by Crippen LogP contribution is -2.43. The molecule has 2 amide bonds. The Balaban J connectivity index is 1.75. The van der Waals surface area contributed by atoms with Crippen molar-refractivity contribution in [3.63, 3.8) is 0 Å². The van der Waals surface area contributed by atoms with E-state index in [9.17, 15) is 9.59 Å². The van der Waals surface area contributed by atoms with E-state index >= 15 is 0 Å². The third-order valence-corrected chi connectivity index (χ3v) is 6.90. The lowest BCUT2D eigenvalue weighted by atomic mass is 10.1. The van der Waals surface area contributed by atoms with Crippen LogP contribution in [0.5, 0.6) is 0 Å². The molecule has 192 valence electrons. The van der Waals surface area contributed by atoms with Crippen molar-refractivity contribution < 1.29 is 9.59 Å². The Morgan fingerprint density at radius 3 is 2.14 bits per heavy atom. The molecule has 0 N–H and O–H groups in total. The van der Waals surface area contributed by atoms with Gasteiger partial charge in [0.1, 0.15) is 6.54 Å². The van der Waals surface area contributed by atoms with Crippen LogP contribution in [-0.4, -0.2) is 45.8 Å². The van der Waals surface area contributed by atoms with E-state index in [0.29, 0.717) is 25.2 Å². The van der Waals surface area contributed by atoms with Crippen LogP contribution >= 0.6 is 15.9 Å². The minimum Gasteiger partial charge on any atom is -0.345 e. The van der Waals surface area contributed by atoms with Crippen molar-refractivity contribution in [1.82, 2.24) is 14.4 Å². The molecule has 3 aromatic rings. The molecule has 2 aromatic carbocycles. The fourth-order valence-corrected chi connectivity index (χ4v) is 4.38. The first-order valence-corrected chi connectivity index (χ1v) is 13.7. The maximum atomic E-state index is 13.6. The van der Waals surface area contributed by atoms with E-state index in [-0.39, 0.29) is 18.4 Å². The number of carbonyl (C=O) groups is 2. The van der Waals surface area contributed by atoms with Gasteiger partial charge in [-0.2, -0.15) is 0 Å². The summed E-state index contributed by atoms with van der Waals surface area (Å²) in [5.74, 6) is -0.0812. The second-order valence-electron chi connectivity index (χ2n) is 9.37. The Hall–Kier alpha value is -2.86. The molecular formula is C30H38BrN3O2. The lowest BCUT2D eigenvalue weighted by Gasteiger charge is -2.28. The summed E-state index contributed by atoms with van der Waals surface area (Å²) < 4.78 is 3.25. The van der Waals surface area contributed by atoms with Crippen LogP contribution in [0.25, 0.3) is 0 Å². The molecule has 0 saturated heterocycles. The molecule has 0 aliphatic heterocycles. The molecule has 0 spiro atoms. The first kappa shape index (κ1) is 27.7. The molecule has 0 unspecified atom stereocenters. The van der Waals surface area contributed by atoms with Crippen LogP contribution in [0, 0.1) is 6.92 Å². The van der Waals surface area contributed by atoms with Gasteiger partial charge in [-0.1, -0.05) is 72.4 Å². The smallest absolute Gasteiger partial charge is 0.254 e. The van der Waals surface area contributed by atoms with Gasteiger partial charge in [0.05, 0.1) is 6.54 Å². The van der Waals surface area contributed by atoms with E-state index < -0.39 is 0 Å². The summed E-state index contributed by atoms with van der Waals surface area (Å²) in [7, 11) is 0. The van der Waals surface area contributed by atoms with E-state index in [4.69, 9.17) is 0 Å². The molecule has 1 aromatic heterocycles. The quantitative estimate of drug-likeness (QED) is 0.238. The van der Waals surface area contributed by atoms with Gasteiger partial charge in [-0.3, -0.25) is 9.59 Å². The van der Waals surface area contributed by atoms with Crippen molar-refractivity contribution in [2.75, 3.05) is 19.6 Å². The highest BCUT2D eigenvalue weighted by molar-refractivity contribution is 9.10. The van der Waals surface area contributed by atoms with Crippen LogP contribution in [0.2, 0.25) is 0 Å². The molecule has 0 fully saturated rings. The Bertz CT molecular complexity index is 1110. The van der Waals surface area contributed by atoms with Crippen LogP contribution in [0.15, 0.2) is 71.3 Å². The normalized spacial score (nSPS) is 10.9. The van der Waals surface area contributed by atoms with Crippen molar-refractivity contribution in [3.8, 4) is 0 Å². The Kier molecular flexibility index (Phi) is 10.8. The Morgan fingerprint density at radius 1 is 0.861 bits per heavy atom. The lowest BCUT2D eigenvalue weighted by molar-refractivity contribution is -0.132. The number of nitrogens with zero attached hydrogens (tertiary/aromatic N) is 3. The molecule has 0 bridgehead atoms. The predicted molar refractivity (Wildman–Crippen MR) is 150 cm³/mol. The number of amides is 2. The fourth-order valence-electron chi connectivity index (χ4n) is 4.11. The van der Waals surface area contributed by atoms with Crippen molar-refractivity contribution >= 4 is 27.7 Å². The van der Waals surface area contributed by atoms with E-state index in [1.54, 1.807) is 4.90 Å². The number of benzene rings is 2. The zero-order chi connectivity index (χ0) is 25.9. The van der Waals surface area contributed by atoms with E-state index in [0.717, 1.165) is 48.0 Å². The summed E-state index contributed by atoms with van der Waals surface area (Å²) >= 11 is 3.49. The number of unbranched alkanes of at least 4 members (excludes halogenated alkanes) is 2. The van der Waals surface area contributed by atoms with Gasteiger partial charge in [0, 0.05) is 41.6 Å². The molecule has 0 saturated carbocycles. The topological polar surface area (TPSA) is 45.6 Å². The summed E-state index contributed by atoms with van der Waals surface area (Å²) in [6, 6.07) is 20.0. The van der Waals surface area contributed by atoms with E-state index in [1.165, 1.54) is 5.56 Å². The molecule has 0 aliphatic rings. The van der Waals surface area contributed by atoms with Gasteiger partial charge >= 0.3 is 0 Å². The highest BCUT2D eigenvalue weighted by Crippen LogP contribution is 2.16. The molecule has 1 heterocycles. The van der Waals surface area contributed by atoms with Crippen molar-refractivity contribution in [3.05, 3.63) is 93.7 Å². The number of aryl methyl sites for hydroxylation is 1. The molecule has 3 rings (SSSR count). The molecule has 36 heavy (non-hydrogen) atoms. The monoisotopic (exact) mass is 551 g/mol. The zero-order valence-electron chi connectivity index (χ0n) is 21.8. The molecular weight excluding hydrogens is 514 g/mol. The molecule has 0 radical (unpaired) electrons. The molecule has 0 atom stereocenters. The van der Waals surface area contributed by atoms with Gasteiger partial charge in [0.15, 0.2) is 0 Å². The SMILES string of the molecule is CCCCN(Cc1cccn1Cc1ccc(Br)cc1)C(=O)CN(CCCC)C(=O)c1ccc(C)cc1. The Morgan fingerprint density at radius 2 is 1.50 bits per heavy atom. The Labute approximate surface area is 224 Å². The highest BCUT2D eigenvalue weighted by Gasteiger charge is 2.23. The van der Waals surface area contributed by atoms with E-state index in [1.807, 2.05) is 54.3 Å². The predicted octanol–water partition coefficient (Wildman–Crippen LogP) is 6.68. The van der Waals surface area contributed by atoms with Gasteiger partial charge < -0.3 is 14.4 Å². The summed E-state index contributed by atoms with van der Waals surface area (Å²) in [5, 5.41) is 0. The van der Waals surface area contributed by atoms with E-state index in [2.05, 4.69) is 58.7 Å². The van der Waals surface area contributed by atoms with Crippen LogP contribution in [0.4, 0.5) is 0 Å². The van der Waals surface area contributed by atoms with Gasteiger partial charge in [0.2, 0.25) is 5.91 Å². The molecule has 5 nitrogen and oxygen atoms in total. The first-order valence-electron chi connectivity index (χ1n) is 12.9. The standard InChI is InChI=1S/C30H38BrN3O2/c1-4-6-18-33(22-28-9-8-20-32(28)21-25-12-16-27(31)17-13-25)29(35)23-34(19-7-5-2)30(36)26-14-10-24(3)11-15-26/h8-17,20H,4-7,18-19,21-23H2,1-3H3. The van der Waals surface area contributed by atoms with Gasteiger partial charge in [-0.25, -0.2) is 0 Å². The number of carbonyl (C=O) groups excluding carboxylic acids is 2. The van der Waals surface area contributed by atoms with Crippen molar-refractivity contribution in [1.29, 1.82) is 0 Å². The number of halogens is 1. The van der Waals surface area contributed by atoms with Gasteiger partial charge in [-0.15, -0.1) is 0 Å². The zero-order valence-corrected chi connectivity index (χ0v) is 23.3. The summed E-state index contributed by atoms with van der Waals surface area (Å²) in [4.78, 5) is 30.5. The van der Waals surface area contributed by atoms with Crippen LogP contribution in [0.1, 0.15) is 66.7 Å². The summed E-state index contributed by atoms with van der Waals surface area (Å²) in [5.41, 5.74) is 4.04. The fraction of sp³-hybridized carbons (Fsp3) is 0.400. The number of hydrogen-bond donors (Lipinski definition) is 0.